The fourth-order valence-corrected chi connectivity index (χ4v) is 1.98. The number of ether oxygens (including phenoxy) is 1. The maximum atomic E-state index is 13.4. The number of nitrogens with one attached hydrogen (secondary N) is 1. The molecule has 0 aliphatic heterocycles. The van der Waals surface area contributed by atoms with Gasteiger partial charge < -0.3 is 10.1 Å². The van der Waals surface area contributed by atoms with Crippen molar-refractivity contribution in [3.05, 3.63) is 29.8 Å². The Morgan fingerprint density at radius 2 is 2.10 bits per heavy atom. The molecule has 0 aromatic heterocycles. The number of rotatable bonds is 6. The quantitative estimate of drug-likeness (QED) is 0.821. The summed E-state index contributed by atoms with van der Waals surface area (Å²) in [6.07, 6.45) is 0. The number of amides is 1. The van der Waals surface area contributed by atoms with Gasteiger partial charge in [0.2, 0.25) is 5.91 Å². The Bertz CT molecular complexity index is 497. The first-order valence-corrected chi connectivity index (χ1v) is 7.02. The lowest BCUT2D eigenvalue weighted by Crippen LogP contribution is -2.24. The molecule has 1 atom stereocenters. The third kappa shape index (κ3) is 5.16. The molecular weight excluding hydrogens is 288 g/mol. The third-order valence-corrected chi connectivity index (χ3v) is 3.43. The van der Waals surface area contributed by atoms with Crippen molar-refractivity contribution in [3.8, 4) is 0 Å². The monoisotopic (exact) mass is 303 g/mol. The summed E-state index contributed by atoms with van der Waals surface area (Å²) in [5.74, 6) is -2.41. The van der Waals surface area contributed by atoms with Crippen LogP contribution in [0.2, 0.25) is 0 Å². The predicted octanol–water partition coefficient (Wildman–Crippen LogP) is 2.59. The van der Waals surface area contributed by atoms with Gasteiger partial charge in [0.25, 0.3) is 0 Å². The highest BCUT2D eigenvalue weighted by molar-refractivity contribution is 8.01. The minimum Gasteiger partial charge on any atom is -0.465 e. The van der Waals surface area contributed by atoms with E-state index in [0.29, 0.717) is 6.07 Å². The largest absolute Gasteiger partial charge is 0.465 e. The molecule has 1 N–H and O–H groups in total. The fraction of sp³-hybridized carbons (Fsp3) is 0.385. The molecular formula is C13H15F2NO3S. The van der Waals surface area contributed by atoms with E-state index in [9.17, 15) is 18.4 Å². The van der Waals surface area contributed by atoms with Crippen LogP contribution >= 0.6 is 11.8 Å². The highest BCUT2D eigenvalue weighted by atomic mass is 32.2. The first-order valence-electron chi connectivity index (χ1n) is 5.97. The SMILES string of the molecule is CCOC(=O)CSC(C)C(=O)Nc1ccc(F)cc1F. The predicted molar refractivity (Wildman–Crippen MR) is 73.5 cm³/mol. The van der Waals surface area contributed by atoms with Crippen LogP contribution in [0.5, 0.6) is 0 Å². The normalized spacial score (nSPS) is 11.8. The molecule has 0 bridgehead atoms. The zero-order valence-corrected chi connectivity index (χ0v) is 11.9. The zero-order valence-electron chi connectivity index (χ0n) is 11.1. The zero-order chi connectivity index (χ0) is 15.1. The molecule has 0 aliphatic carbocycles. The van der Waals surface area contributed by atoms with Crippen molar-refractivity contribution in [2.75, 3.05) is 17.7 Å². The van der Waals surface area contributed by atoms with Crippen LogP contribution in [0.3, 0.4) is 0 Å². The van der Waals surface area contributed by atoms with Crippen molar-refractivity contribution in [1.29, 1.82) is 0 Å². The second-order valence-electron chi connectivity index (χ2n) is 3.87. The topological polar surface area (TPSA) is 55.4 Å². The molecule has 0 heterocycles. The lowest BCUT2D eigenvalue weighted by molar-refractivity contribution is -0.139. The first kappa shape index (κ1) is 16.4. The summed E-state index contributed by atoms with van der Waals surface area (Å²) >= 11 is 1.08. The van der Waals surface area contributed by atoms with Crippen LogP contribution in [0.25, 0.3) is 0 Å². The van der Waals surface area contributed by atoms with Gasteiger partial charge in [-0.3, -0.25) is 9.59 Å². The number of anilines is 1. The highest BCUT2D eigenvalue weighted by Crippen LogP contribution is 2.18. The summed E-state index contributed by atoms with van der Waals surface area (Å²) in [7, 11) is 0. The van der Waals surface area contributed by atoms with E-state index in [4.69, 9.17) is 4.74 Å². The van der Waals surface area contributed by atoms with E-state index in [1.807, 2.05) is 0 Å². The van der Waals surface area contributed by atoms with E-state index in [0.717, 1.165) is 23.9 Å². The van der Waals surface area contributed by atoms with Gasteiger partial charge in [-0.05, 0) is 26.0 Å². The van der Waals surface area contributed by atoms with E-state index >= 15 is 0 Å². The summed E-state index contributed by atoms with van der Waals surface area (Å²) in [6.45, 7) is 3.55. The van der Waals surface area contributed by atoms with E-state index in [1.54, 1.807) is 13.8 Å². The first-order chi connectivity index (χ1) is 9.43. The highest BCUT2D eigenvalue weighted by Gasteiger charge is 2.17. The molecule has 1 unspecified atom stereocenters. The van der Waals surface area contributed by atoms with Gasteiger partial charge in [0.1, 0.15) is 11.6 Å². The molecule has 0 spiro atoms. The Kier molecular flexibility index (Phi) is 6.44. The molecule has 1 rings (SSSR count). The van der Waals surface area contributed by atoms with Gasteiger partial charge in [0.15, 0.2) is 0 Å². The van der Waals surface area contributed by atoms with Crippen molar-refractivity contribution in [3.63, 3.8) is 0 Å². The summed E-state index contributed by atoms with van der Waals surface area (Å²) in [5, 5.41) is 1.77. The Morgan fingerprint density at radius 1 is 1.40 bits per heavy atom. The van der Waals surface area contributed by atoms with Gasteiger partial charge in [-0.15, -0.1) is 11.8 Å². The summed E-state index contributed by atoms with van der Waals surface area (Å²) in [5.41, 5.74) is -0.0972. The minimum atomic E-state index is -0.846. The minimum absolute atomic E-state index is 0.0360. The second-order valence-corrected chi connectivity index (χ2v) is 5.20. The molecule has 0 saturated heterocycles. The lowest BCUT2D eigenvalue weighted by atomic mass is 10.3. The van der Waals surface area contributed by atoms with Crippen LogP contribution in [0.1, 0.15) is 13.8 Å². The number of carbonyl (C=O) groups is 2. The molecule has 1 aromatic carbocycles. The molecule has 1 amide bonds. The maximum absolute atomic E-state index is 13.4. The maximum Gasteiger partial charge on any atom is 0.315 e. The van der Waals surface area contributed by atoms with E-state index < -0.39 is 28.8 Å². The van der Waals surface area contributed by atoms with E-state index in [-0.39, 0.29) is 18.0 Å². The Balaban J connectivity index is 2.51. The number of hydrogen-bond donors (Lipinski definition) is 1. The summed E-state index contributed by atoms with van der Waals surface area (Å²) < 4.78 is 30.8. The molecule has 1 aromatic rings. The fourth-order valence-electron chi connectivity index (χ4n) is 1.30. The van der Waals surface area contributed by atoms with Crippen molar-refractivity contribution in [2.24, 2.45) is 0 Å². The van der Waals surface area contributed by atoms with Crippen molar-refractivity contribution < 1.29 is 23.1 Å². The molecule has 0 saturated carbocycles. The summed E-state index contributed by atoms with van der Waals surface area (Å²) in [6, 6.07) is 2.88. The Hall–Kier alpha value is -1.63. The van der Waals surface area contributed by atoms with Gasteiger partial charge in [-0.1, -0.05) is 0 Å². The van der Waals surface area contributed by atoms with Gasteiger partial charge >= 0.3 is 5.97 Å². The number of halogens is 2. The molecule has 20 heavy (non-hydrogen) atoms. The lowest BCUT2D eigenvalue weighted by Gasteiger charge is -2.12. The van der Waals surface area contributed by atoms with Crippen molar-refractivity contribution >= 4 is 29.3 Å². The van der Waals surface area contributed by atoms with Crippen LogP contribution in [0.15, 0.2) is 18.2 Å². The van der Waals surface area contributed by atoms with Gasteiger partial charge in [0.05, 0.1) is 23.3 Å². The van der Waals surface area contributed by atoms with Crippen molar-refractivity contribution in [1.82, 2.24) is 0 Å². The third-order valence-electron chi connectivity index (χ3n) is 2.31. The number of hydrogen-bond acceptors (Lipinski definition) is 4. The van der Waals surface area contributed by atoms with Crippen LogP contribution < -0.4 is 5.32 Å². The van der Waals surface area contributed by atoms with Gasteiger partial charge in [-0.2, -0.15) is 0 Å². The van der Waals surface area contributed by atoms with Crippen LogP contribution in [0, 0.1) is 11.6 Å². The second kappa shape index (κ2) is 7.84. The smallest absolute Gasteiger partial charge is 0.315 e. The van der Waals surface area contributed by atoms with Crippen LogP contribution in [-0.4, -0.2) is 29.5 Å². The number of esters is 1. The molecule has 0 aliphatic rings. The van der Waals surface area contributed by atoms with E-state index in [1.165, 1.54) is 0 Å². The van der Waals surface area contributed by atoms with Crippen LogP contribution in [0.4, 0.5) is 14.5 Å². The van der Waals surface area contributed by atoms with Crippen molar-refractivity contribution in [2.45, 2.75) is 19.1 Å². The number of benzene rings is 1. The average Bonchev–Trinajstić information content (AvgIpc) is 2.39. The standard InChI is InChI=1S/C13H15F2NO3S/c1-3-19-12(17)7-20-8(2)13(18)16-11-5-4-9(14)6-10(11)15/h4-6,8H,3,7H2,1-2H3,(H,16,18). The number of thioether (sulfide) groups is 1. The molecule has 0 radical (unpaired) electrons. The Labute approximate surface area is 119 Å². The average molecular weight is 303 g/mol. The van der Waals surface area contributed by atoms with Crippen LogP contribution in [-0.2, 0) is 14.3 Å². The summed E-state index contributed by atoms with van der Waals surface area (Å²) in [4.78, 5) is 22.9. The Morgan fingerprint density at radius 3 is 2.70 bits per heavy atom. The molecule has 110 valence electrons. The number of carbonyl (C=O) groups excluding carboxylic acids is 2. The van der Waals surface area contributed by atoms with E-state index in [2.05, 4.69) is 5.32 Å². The molecule has 0 fully saturated rings. The molecule has 7 heteroatoms. The molecule has 4 nitrogen and oxygen atoms in total. The van der Waals surface area contributed by atoms with Gasteiger partial charge in [0, 0.05) is 6.07 Å². The van der Waals surface area contributed by atoms with Gasteiger partial charge in [-0.25, -0.2) is 8.78 Å².